The standard InChI is InChI=1S/C6H8OSi/c7-5-3-1-2-4-6(5)8/h1-4,6H,8H3. The first-order valence-electron chi connectivity index (χ1n) is 2.69. The number of carbonyl (C=O) groups is 1. The minimum atomic E-state index is 0.236. The summed E-state index contributed by atoms with van der Waals surface area (Å²) in [6.07, 6.45) is 7.31. The highest BCUT2D eigenvalue weighted by atomic mass is 28.1. The lowest BCUT2D eigenvalue weighted by Gasteiger charge is -2.01. The quantitative estimate of drug-likeness (QED) is 0.410. The molecule has 0 aromatic heterocycles. The molecule has 0 heterocycles. The molecule has 0 fully saturated rings. The van der Waals surface area contributed by atoms with Gasteiger partial charge in [-0.05, 0) is 6.08 Å². The molecule has 1 unspecified atom stereocenters. The molecule has 1 rings (SSSR count). The molecule has 0 saturated carbocycles. The summed E-state index contributed by atoms with van der Waals surface area (Å²) >= 11 is 0. The van der Waals surface area contributed by atoms with E-state index < -0.39 is 0 Å². The van der Waals surface area contributed by atoms with Crippen molar-refractivity contribution in [3.05, 3.63) is 24.3 Å². The Kier molecular flexibility index (Phi) is 1.44. The van der Waals surface area contributed by atoms with Crippen LogP contribution in [0.4, 0.5) is 0 Å². The van der Waals surface area contributed by atoms with E-state index in [1.54, 1.807) is 12.2 Å². The van der Waals surface area contributed by atoms with Gasteiger partial charge in [-0.2, -0.15) is 0 Å². The van der Waals surface area contributed by atoms with Crippen molar-refractivity contribution >= 4 is 16.0 Å². The molecule has 0 radical (unpaired) electrons. The zero-order chi connectivity index (χ0) is 5.98. The Hall–Kier alpha value is -0.633. The van der Waals surface area contributed by atoms with Gasteiger partial charge in [0.15, 0.2) is 5.78 Å². The molecule has 1 aliphatic rings. The van der Waals surface area contributed by atoms with Gasteiger partial charge in [-0.3, -0.25) is 4.79 Å². The van der Waals surface area contributed by atoms with E-state index in [0.29, 0.717) is 0 Å². The number of carbonyl (C=O) groups excluding carboxylic acids is 1. The average Bonchev–Trinajstić information content (AvgIpc) is 1.77. The van der Waals surface area contributed by atoms with Gasteiger partial charge in [0, 0.05) is 15.8 Å². The third-order valence-electron chi connectivity index (χ3n) is 1.22. The molecule has 0 aromatic rings. The largest absolute Gasteiger partial charge is 0.295 e. The van der Waals surface area contributed by atoms with Crippen molar-refractivity contribution in [3.63, 3.8) is 0 Å². The van der Waals surface area contributed by atoms with Gasteiger partial charge < -0.3 is 0 Å². The summed E-state index contributed by atoms with van der Waals surface area (Å²) in [5.74, 6) is 0.263. The fourth-order valence-corrected chi connectivity index (χ4v) is 1.04. The molecule has 8 heavy (non-hydrogen) atoms. The van der Waals surface area contributed by atoms with E-state index in [0.717, 1.165) is 10.2 Å². The van der Waals surface area contributed by atoms with Gasteiger partial charge in [-0.15, -0.1) is 0 Å². The number of ketones is 1. The maximum Gasteiger partial charge on any atom is 0.158 e. The summed E-state index contributed by atoms with van der Waals surface area (Å²) < 4.78 is 0. The van der Waals surface area contributed by atoms with Crippen molar-refractivity contribution in [2.45, 2.75) is 5.54 Å². The third kappa shape index (κ3) is 0.952. The van der Waals surface area contributed by atoms with Crippen molar-refractivity contribution in [2.24, 2.45) is 0 Å². The summed E-state index contributed by atoms with van der Waals surface area (Å²) in [5, 5.41) is 0. The summed E-state index contributed by atoms with van der Waals surface area (Å²) in [6.45, 7) is 0. The second-order valence-corrected chi connectivity index (χ2v) is 3.18. The molecule has 0 amide bonds. The fourth-order valence-electron chi connectivity index (χ4n) is 0.628. The first-order valence-corrected chi connectivity index (χ1v) is 3.85. The molecular formula is C6H8OSi. The molecule has 0 saturated heterocycles. The van der Waals surface area contributed by atoms with Crippen LogP contribution < -0.4 is 0 Å². The van der Waals surface area contributed by atoms with Crippen LogP contribution in [0.5, 0.6) is 0 Å². The van der Waals surface area contributed by atoms with Gasteiger partial charge in [0.2, 0.25) is 0 Å². The maximum atomic E-state index is 10.7. The van der Waals surface area contributed by atoms with Gasteiger partial charge in [0.25, 0.3) is 0 Å². The Bertz CT molecular complexity index is 158. The van der Waals surface area contributed by atoms with Crippen LogP contribution in [0.15, 0.2) is 24.3 Å². The van der Waals surface area contributed by atoms with E-state index >= 15 is 0 Å². The molecule has 0 aliphatic heterocycles. The van der Waals surface area contributed by atoms with Crippen LogP contribution >= 0.6 is 0 Å². The second kappa shape index (κ2) is 2.09. The van der Waals surface area contributed by atoms with Crippen molar-refractivity contribution in [2.75, 3.05) is 0 Å². The monoisotopic (exact) mass is 124 g/mol. The summed E-state index contributed by atoms with van der Waals surface area (Å²) in [7, 11) is 0.947. The van der Waals surface area contributed by atoms with Crippen LogP contribution in [-0.4, -0.2) is 16.0 Å². The number of rotatable bonds is 0. The van der Waals surface area contributed by atoms with E-state index in [2.05, 4.69) is 0 Å². The van der Waals surface area contributed by atoms with E-state index in [1.165, 1.54) is 0 Å². The highest BCUT2D eigenvalue weighted by Gasteiger charge is 2.06. The van der Waals surface area contributed by atoms with Gasteiger partial charge in [-0.1, -0.05) is 18.2 Å². The molecule has 1 nitrogen and oxygen atoms in total. The minimum absolute atomic E-state index is 0.236. The van der Waals surface area contributed by atoms with Crippen molar-refractivity contribution in [1.29, 1.82) is 0 Å². The third-order valence-corrected chi connectivity index (χ3v) is 2.17. The molecule has 1 aliphatic carbocycles. The van der Waals surface area contributed by atoms with Gasteiger partial charge in [0.05, 0.1) is 0 Å². The molecule has 42 valence electrons. The first kappa shape index (κ1) is 5.50. The molecule has 2 heteroatoms. The summed E-state index contributed by atoms with van der Waals surface area (Å²) in [6, 6.07) is 0. The highest BCUT2D eigenvalue weighted by Crippen LogP contribution is 2.07. The number of hydrogen-bond acceptors (Lipinski definition) is 1. The predicted octanol–water partition coefficient (Wildman–Crippen LogP) is -0.165. The zero-order valence-electron chi connectivity index (χ0n) is 4.79. The second-order valence-electron chi connectivity index (χ2n) is 1.94. The average molecular weight is 124 g/mol. The van der Waals surface area contributed by atoms with Crippen LogP contribution in [0.25, 0.3) is 0 Å². The molecule has 0 bridgehead atoms. The Morgan fingerprint density at radius 3 is 2.62 bits per heavy atom. The summed E-state index contributed by atoms with van der Waals surface area (Å²) in [4.78, 5) is 10.7. The smallest absolute Gasteiger partial charge is 0.158 e. The molecular weight excluding hydrogens is 116 g/mol. The van der Waals surface area contributed by atoms with Crippen molar-refractivity contribution in [1.82, 2.24) is 0 Å². The SMILES string of the molecule is O=C1C=CC=CC1[SiH3]. The molecule has 0 spiro atoms. The topological polar surface area (TPSA) is 17.1 Å². The highest BCUT2D eigenvalue weighted by molar-refractivity contribution is 6.28. The Morgan fingerprint density at radius 1 is 1.50 bits per heavy atom. The zero-order valence-corrected chi connectivity index (χ0v) is 6.79. The predicted molar refractivity (Wildman–Crippen MR) is 37.0 cm³/mol. The summed E-state index contributed by atoms with van der Waals surface area (Å²) in [5.41, 5.74) is 0.236. The minimum Gasteiger partial charge on any atom is -0.295 e. The lowest BCUT2D eigenvalue weighted by molar-refractivity contribution is -0.113. The van der Waals surface area contributed by atoms with Crippen LogP contribution in [-0.2, 0) is 4.79 Å². The molecule has 0 N–H and O–H groups in total. The van der Waals surface area contributed by atoms with Gasteiger partial charge in [-0.25, -0.2) is 0 Å². The van der Waals surface area contributed by atoms with Crippen LogP contribution in [0.1, 0.15) is 0 Å². The van der Waals surface area contributed by atoms with E-state index in [9.17, 15) is 4.79 Å². The van der Waals surface area contributed by atoms with Crippen LogP contribution in [0, 0.1) is 0 Å². The van der Waals surface area contributed by atoms with Crippen molar-refractivity contribution < 1.29 is 4.79 Å². The molecule has 1 atom stereocenters. The lowest BCUT2D eigenvalue weighted by atomic mass is 10.2. The first-order chi connectivity index (χ1) is 3.80. The van der Waals surface area contributed by atoms with Gasteiger partial charge in [0.1, 0.15) is 0 Å². The lowest BCUT2D eigenvalue weighted by Crippen LogP contribution is -2.03. The molecule has 0 aromatic carbocycles. The van der Waals surface area contributed by atoms with Crippen molar-refractivity contribution in [3.8, 4) is 0 Å². The van der Waals surface area contributed by atoms with E-state index in [-0.39, 0.29) is 11.3 Å². The van der Waals surface area contributed by atoms with Crippen LogP contribution in [0.3, 0.4) is 0 Å². The fraction of sp³-hybridized carbons (Fsp3) is 0.167. The number of allylic oxidation sites excluding steroid dienone is 4. The maximum absolute atomic E-state index is 10.7. The number of hydrogen-bond donors (Lipinski definition) is 0. The Balaban J connectivity index is 2.74. The van der Waals surface area contributed by atoms with E-state index in [4.69, 9.17) is 0 Å². The van der Waals surface area contributed by atoms with E-state index in [1.807, 2.05) is 12.2 Å². The normalized spacial score (nSPS) is 27.0. The van der Waals surface area contributed by atoms with Gasteiger partial charge >= 0.3 is 0 Å². The Labute approximate surface area is 51.5 Å². The van der Waals surface area contributed by atoms with Crippen LogP contribution in [0.2, 0.25) is 5.54 Å². The Morgan fingerprint density at radius 2 is 2.25 bits per heavy atom.